The highest BCUT2D eigenvalue weighted by atomic mass is 35.5. The van der Waals surface area contributed by atoms with Gasteiger partial charge in [-0.15, -0.1) is 0 Å². The van der Waals surface area contributed by atoms with E-state index in [9.17, 15) is 8.78 Å². The second-order valence-electron chi connectivity index (χ2n) is 4.13. The number of benzene rings is 1. The number of anilines is 2. The lowest BCUT2D eigenvalue weighted by Crippen LogP contribution is -2.05. The van der Waals surface area contributed by atoms with Crippen molar-refractivity contribution < 1.29 is 8.78 Å². The molecule has 0 bridgehead atoms. The van der Waals surface area contributed by atoms with Crippen LogP contribution in [0.1, 0.15) is 5.56 Å². The third-order valence-corrected chi connectivity index (χ3v) is 3.10. The molecular weight excluding hydrogens is 288 g/mol. The van der Waals surface area contributed by atoms with E-state index in [1.54, 1.807) is 6.92 Å². The summed E-state index contributed by atoms with van der Waals surface area (Å²) in [7, 11) is 0. The summed E-state index contributed by atoms with van der Waals surface area (Å²) in [5, 5.41) is 7.12. The molecule has 1 aromatic carbocycles. The molecule has 0 aliphatic rings. The van der Waals surface area contributed by atoms with Crippen LogP contribution < -0.4 is 5.32 Å². The lowest BCUT2D eigenvalue weighted by atomic mass is 10.2. The van der Waals surface area contributed by atoms with E-state index in [1.165, 1.54) is 23.0 Å². The smallest absolute Gasteiger partial charge is 0.255 e. The van der Waals surface area contributed by atoms with Crippen molar-refractivity contribution in [3.05, 3.63) is 46.9 Å². The summed E-state index contributed by atoms with van der Waals surface area (Å²) in [6.45, 7) is 1.72. The van der Waals surface area contributed by atoms with Crippen LogP contribution in [0.25, 0.3) is 5.78 Å². The Kier molecular flexibility index (Phi) is 2.98. The number of fused-ring (bicyclic) bond motifs is 1. The lowest BCUT2D eigenvalue weighted by molar-refractivity contribution is 0.584. The van der Waals surface area contributed by atoms with Gasteiger partial charge in [-0.2, -0.15) is 19.6 Å². The van der Waals surface area contributed by atoms with E-state index >= 15 is 0 Å². The summed E-state index contributed by atoms with van der Waals surface area (Å²) >= 11 is 6.00. The van der Waals surface area contributed by atoms with Crippen LogP contribution >= 0.6 is 11.6 Å². The van der Waals surface area contributed by atoms with Crippen molar-refractivity contribution in [3.8, 4) is 0 Å². The number of hydrogen-bond donors (Lipinski definition) is 1. The van der Waals surface area contributed by atoms with Gasteiger partial charge in [-0.05, 0) is 19.1 Å². The highest BCUT2D eigenvalue weighted by molar-refractivity contribution is 6.30. The van der Waals surface area contributed by atoms with Crippen molar-refractivity contribution in [2.24, 2.45) is 0 Å². The van der Waals surface area contributed by atoms with Crippen LogP contribution in [0.15, 0.2) is 24.5 Å². The van der Waals surface area contributed by atoms with E-state index < -0.39 is 11.6 Å². The van der Waals surface area contributed by atoms with Gasteiger partial charge in [-0.1, -0.05) is 11.6 Å². The third-order valence-electron chi connectivity index (χ3n) is 2.73. The number of rotatable bonds is 2. The molecule has 0 unspecified atom stereocenters. The van der Waals surface area contributed by atoms with Crippen molar-refractivity contribution in [3.63, 3.8) is 0 Å². The first-order valence-corrected chi connectivity index (χ1v) is 6.01. The highest BCUT2D eigenvalue weighted by Gasteiger charge is 2.13. The molecule has 0 radical (unpaired) electrons. The first-order valence-electron chi connectivity index (χ1n) is 5.63. The van der Waals surface area contributed by atoms with Crippen molar-refractivity contribution in [1.29, 1.82) is 0 Å². The summed E-state index contributed by atoms with van der Waals surface area (Å²) in [6, 6.07) is 3.13. The predicted molar refractivity (Wildman–Crippen MR) is 70.2 cm³/mol. The SMILES string of the molecule is Cc1c(Cl)nc2ncnn2c1Nc1cc(F)cc(F)c1. The van der Waals surface area contributed by atoms with Gasteiger partial charge in [0.05, 0.1) is 0 Å². The summed E-state index contributed by atoms with van der Waals surface area (Å²) in [5.41, 5.74) is 0.832. The maximum Gasteiger partial charge on any atom is 0.255 e. The predicted octanol–water partition coefficient (Wildman–Crippen LogP) is 3.11. The molecule has 3 rings (SSSR count). The number of nitrogens with zero attached hydrogens (tertiary/aromatic N) is 4. The quantitative estimate of drug-likeness (QED) is 0.738. The van der Waals surface area contributed by atoms with E-state index in [0.717, 1.165) is 6.07 Å². The van der Waals surface area contributed by atoms with Crippen LogP contribution in [0.3, 0.4) is 0 Å². The molecule has 0 spiro atoms. The van der Waals surface area contributed by atoms with Crippen LogP contribution in [-0.2, 0) is 0 Å². The molecule has 0 saturated carbocycles. The molecule has 0 aliphatic carbocycles. The Labute approximate surface area is 117 Å². The standard InChI is InChI=1S/C12H8ClF2N5/c1-6-10(13)19-12-16-5-17-20(12)11(6)18-9-3-7(14)2-8(15)4-9/h2-5,18H,1H3. The van der Waals surface area contributed by atoms with Crippen molar-refractivity contribution >= 4 is 28.9 Å². The van der Waals surface area contributed by atoms with E-state index in [0.29, 0.717) is 17.2 Å². The minimum absolute atomic E-state index is 0.240. The van der Waals surface area contributed by atoms with Gasteiger partial charge in [0.15, 0.2) is 0 Å². The fourth-order valence-corrected chi connectivity index (χ4v) is 1.97. The van der Waals surface area contributed by atoms with Gasteiger partial charge in [-0.25, -0.2) is 8.78 Å². The zero-order chi connectivity index (χ0) is 14.3. The van der Waals surface area contributed by atoms with Crippen LogP contribution in [-0.4, -0.2) is 19.6 Å². The second kappa shape index (κ2) is 4.68. The molecule has 102 valence electrons. The summed E-state index contributed by atoms with van der Waals surface area (Å²) in [6.07, 6.45) is 1.31. The molecule has 1 N–H and O–H groups in total. The van der Waals surface area contributed by atoms with Gasteiger partial charge < -0.3 is 5.32 Å². The van der Waals surface area contributed by atoms with Gasteiger partial charge in [0.25, 0.3) is 5.78 Å². The third kappa shape index (κ3) is 2.16. The first-order chi connectivity index (χ1) is 9.54. The zero-order valence-electron chi connectivity index (χ0n) is 10.2. The van der Waals surface area contributed by atoms with Gasteiger partial charge in [0.1, 0.15) is 28.9 Å². The molecule has 20 heavy (non-hydrogen) atoms. The topological polar surface area (TPSA) is 55.1 Å². The second-order valence-corrected chi connectivity index (χ2v) is 4.49. The lowest BCUT2D eigenvalue weighted by Gasteiger charge is -2.11. The molecule has 8 heteroatoms. The minimum Gasteiger partial charge on any atom is -0.340 e. The molecule has 0 amide bonds. The number of hydrogen-bond acceptors (Lipinski definition) is 4. The van der Waals surface area contributed by atoms with Crippen LogP contribution in [0.2, 0.25) is 5.15 Å². The molecule has 2 heterocycles. The average molecular weight is 296 g/mol. The van der Waals surface area contributed by atoms with Crippen molar-refractivity contribution in [1.82, 2.24) is 19.6 Å². The monoisotopic (exact) mass is 295 g/mol. The van der Waals surface area contributed by atoms with Crippen LogP contribution in [0, 0.1) is 18.6 Å². The molecule has 5 nitrogen and oxygen atoms in total. The van der Waals surface area contributed by atoms with Crippen LogP contribution in [0.5, 0.6) is 0 Å². The van der Waals surface area contributed by atoms with E-state index in [1.807, 2.05) is 0 Å². The molecule has 2 aromatic heterocycles. The van der Waals surface area contributed by atoms with E-state index in [-0.39, 0.29) is 10.8 Å². The van der Waals surface area contributed by atoms with E-state index in [4.69, 9.17) is 11.6 Å². The van der Waals surface area contributed by atoms with Crippen LogP contribution in [0.4, 0.5) is 20.3 Å². The molecule has 3 aromatic rings. The van der Waals surface area contributed by atoms with Gasteiger partial charge in [0.2, 0.25) is 0 Å². The first kappa shape index (κ1) is 12.7. The van der Waals surface area contributed by atoms with Gasteiger partial charge >= 0.3 is 0 Å². The van der Waals surface area contributed by atoms with Gasteiger partial charge in [0, 0.05) is 17.3 Å². The maximum atomic E-state index is 13.2. The molecular formula is C12H8ClF2N5. The Morgan fingerprint density at radius 2 is 1.90 bits per heavy atom. The van der Waals surface area contributed by atoms with E-state index in [2.05, 4.69) is 20.4 Å². The molecule has 0 atom stereocenters. The van der Waals surface area contributed by atoms with Crippen molar-refractivity contribution in [2.75, 3.05) is 5.32 Å². The Balaban J connectivity index is 2.14. The Hall–Kier alpha value is -2.28. The largest absolute Gasteiger partial charge is 0.340 e. The van der Waals surface area contributed by atoms with Gasteiger partial charge in [-0.3, -0.25) is 0 Å². The fraction of sp³-hybridized carbons (Fsp3) is 0.0833. The Morgan fingerprint density at radius 1 is 1.20 bits per heavy atom. The Bertz CT molecular complexity index is 782. The average Bonchev–Trinajstić information content (AvgIpc) is 2.81. The number of nitrogens with one attached hydrogen (secondary N) is 1. The normalized spacial score (nSPS) is 11.0. The number of halogens is 3. The maximum absolute atomic E-state index is 13.2. The van der Waals surface area contributed by atoms with Crippen molar-refractivity contribution in [2.45, 2.75) is 6.92 Å². The zero-order valence-corrected chi connectivity index (χ0v) is 11.0. The number of aromatic nitrogens is 4. The summed E-state index contributed by atoms with van der Waals surface area (Å²) in [5.74, 6) is -0.622. The summed E-state index contributed by atoms with van der Waals surface area (Å²) in [4.78, 5) is 7.97. The minimum atomic E-state index is -0.680. The molecule has 0 saturated heterocycles. The summed E-state index contributed by atoms with van der Waals surface area (Å²) < 4.78 is 27.8. The highest BCUT2D eigenvalue weighted by Crippen LogP contribution is 2.26. The molecule has 0 fully saturated rings. The molecule has 0 aliphatic heterocycles. The fourth-order valence-electron chi connectivity index (χ4n) is 1.81. The Morgan fingerprint density at radius 3 is 2.60 bits per heavy atom.